The Morgan fingerprint density at radius 2 is 1.82 bits per heavy atom. The topological polar surface area (TPSA) is 141 Å². The molecule has 8 nitrogen and oxygen atoms in total. The SMILES string of the molecule is O=C[C@@H](OC(=O)CCC(=O)O)[C@H](O)[C@H](O)CO. The highest BCUT2D eigenvalue weighted by Gasteiger charge is 2.28. The first-order valence-electron chi connectivity index (χ1n) is 4.76. The van der Waals surface area contributed by atoms with Gasteiger partial charge >= 0.3 is 11.9 Å². The molecule has 0 heterocycles. The van der Waals surface area contributed by atoms with Gasteiger partial charge in [-0.2, -0.15) is 0 Å². The van der Waals surface area contributed by atoms with E-state index in [1.807, 2.05) is 0 Å². The number of aldehydes is 1. The fraction of sp³-hybridized carbons (Fsp3) is 0.667. The van der Waals surface area contributed by atoms with E-state index < -0.39 is 49.7 Å². The normalized spacial score (nSPS) is 15.7. The predicted molar refractivity (Wildman–Crippen MR) is 51.9 cm³/mol. The van der Waals surface area contributed by atoms with E-state index in [0.29, 0.717) is 0 Å². The molecule has 0 unspecified atom stereocenters. The number of esters is 1. The van der Waals surface area contributed by atoms with Crippen molar-refractivity contribution in [2.24, 2.45) is 0 Å². The monoisotopic (exact) mass is 250 g/mol. The van der Waals surface area contributed by atoms with Crippen LogP contribution in [0.15, 0.2) is 0 Å². The van der Waals surface area contributed by atoms with Crippen molar-refractivity contribution in [3.05, 3.63) is 0 Å². The van der Waals surface area contributed by atoms with E-state index in [1.165, 1.54) is 0 Å². The smallest absolute Gasteiger partial charge is 0.307 e. The molecule has 0 saturated heterocycles. The zero-order valence-corrected chi connectivity index (χ0v) is 8.85. The Bertz CT molecular complexity index is 276. The van der Waals surface area contributed by atoms with E-state index in [9.17, 15) is 19.5 Å². The average Bonchev–Trinajstić information content (AvgIpc) is 2.31. The molecule has 0 radical (unpaired) electrons. The lowest BCUT2D eigenvalue weighted by Gasteiger charge is -2.21. The molecule has 4 N–H and O–H groups in total. The van der Waals surface area contributed by atoms with Crippen LogP contribution in [0, 0.1) is 0 Å². The van der Waals surface area contributed by atoms with Crippen molar-refractivity contribution in [1.82, 2.24) is 0 Å². The Kier molecular flexibility index (Phi) is 7.03. The van der Waals surface area contributed by atoms with Gasteiger partial charge in [0.05, 0.1) is 19.4 Å². The molecule has 0 aromatic heterocycles. The van der Waals surface area contributed by atoms with Crippen molar-refractivity contribution in [1.29, 1.82) is 0 Å². The number of carbonyl (C=O) groups excluding carboxylic acids is 2. The molecule has 0 aliphatic rings. The van der Waals surface area contributed by atoms with Crippen LogP contribution < -0.4 is 0 Å². The van der Waals surface area contributed by atoms with Gasteiger partial charge in [-0.05, 0) is 0 Å². The minimum Gasteiger partial charge on any atom is -0.481 e. The predicted octanol–water partition coefficient (Wildman–Crippen LogP) is -2.32. The van der Waals surface area contributed by atoms with Crippen LogP contribution in [0.4, 0.5) is 0 Å². The van der Waals surface area contributed by atoms with E-state index in [1.54, 1.807) is 0 Å². The molecule has 0 aliphatic carbocycles. The summed E-state index contributed by atoms with van der Waals surface area (Å²) in [6.07, 6.45) is -5.87. The maximum absolute atomic E-state index is 11.0. The number of ether oxygens (including phenoxy) is 1. The molecule has 0 aliphatic heterocycles. The van der Waals surface area contributed by atoms with Crippen molar-refractivity contribution < 1.29 is 39.5 Å². The number of aliphatic carboxylic acids is 1. The molecule has 0 fully saturated rings. The summed E-state index contributed by atoms with van der Waals surface area (Å²) >= 11 is 0. The van der Waals surface area contributed by atoms with Crippen LogP contribution in [-0.4, -0.2) is 63.6 Å². The van der Waals surface area contributed by atoms with Gasteiger partial charge in [-0.15, -0.1) is 0 Å². The van der Waals surface area contributed by atoms with Gasteiger partial charge in [-0.25, -0.2) is 0 Å². The van der Waals surface area contributed by atoms with Crippen LogP contribution in [0.2, 0.25) is 0 Å². The Morgan fingerprint density at radius 1 is 1.24 bits per heavy atom. The largest absolute Gasteiger partial charge is 0.481 e. The van der Waals surface area contributed by atoms with Gasteiger partial charge in [0.1, 0.15) is 12.2 Å². The molecule has 98 valence electrons. The van der Waals surface area contributed by atoms with Gasteiger partial charge in [0.25, 0.3) is 0 Å². The van der Waals surface area contributed by atoms with Gasteiger partial charge in [-0.1, -0.05) is 0 Å². The molecule has 0 bridgehead atoms. The number of rotatable bonds is 8. The first kappa shape index (κ1) is 15.5. The summed E-state index contributed by atoms with van der Waals surface area (Å²) in [5.74, 6) is -2.20. The third-order valence-electron chi connectivity index (χ3n) is 1.86. The second-order valence-electron chi connectivity index (χ2n) is 3.22. The molecule has 0 aromatic rings. The summed E-state index contributed by atoms with van der Waals surface area (Å²) in [4.78, 5) is 31.7. The van der Waals surface area contributed by atoms with Gasteiger partial charge < -0.3 is 25.2 Å². The standard InChI is InChI=1S/C9H14O8/c10-3-5(12)9(16)6(4-11)17-8(15)2-1-7(13)14/h4-6,9-10,12,16H,1-3H2,(H,13,14)/t5-,6-,9-/m1/s1. The molecule has 0 spiro atoms. The number of carbonyl (C=O) groups is 3. The van der Waals surface area contributed by atoms with Gasteiger partial charge in [0.15, 0.2) is 12.4 Å². The molecule has 0 amide bonds. The number of hydrogen-bond donors (Lipinski definition) is 4. The van der Waals surface area contributed by atoms with Crippen LogP contribution in [0.5, 0.6) is 0 Å². The maximum Gasteiger partial charge on any atom is 0.307 e. The van der Waals surface area contributed by atoms with Crippen molar-refractivity contribution in [3.63, 3.8) is 0 Å². The molecule has 8 heteroatoms. The molecule has 3 atom stereocenters. The highest BCUT2D eigenvalue weighted by atomic mass is 16.6. The number of hydrogen-bond acceptors (Lipinski definition) is 7. The number of carboxylic acid groups (broad SMARTS) is 1. The van der Waals surface area contributed by atoms with Crippen LogP contribution in [0.1, 0.15) is 12.8 Å². The summed E-state index contributed by atoms with van der Waals surface area (Å²) in [5, 5.41) is 35.1. The first-order chi connectivity index (χ1) is 7.92. The molecule has 0 saturated carbocycles. The van der Waals surface area contributed by atoms with Crippen molar-refractivity contribution in [2.45, 2.75) is 31.2 Å². The van der Waals surface area contributed by atoms with E-state index >= 15 is 0 Å². The number of aliphatic hydroxyl groups is 3. The van der Waals surface area contributed by atoms with Crippen molar-refractivity contribution in [2.75, 3.05) is 6.61 Å². The van der Waals surface area contributed by atoms with Crippen molar-refractivity contribution >= 4 is 18.2 Å². The minimum absolute atomic E-state index is 0.0855. The second kappa shape index (κ2) is 7.71. The minimum atomic E-state index is -1.76. The lowest BCUT2D eigenvalue weighted by molar-refractivity contribution is -0.164. The van der Waals surface area contributed by atoms with Crippen molar-refractivity contribution in [3.8, 4) is 0 Å². The van der Waals surface area contributed by atoms with Gasteiger partial charge in [0, 0.05) is 0 Å². The number of carboxylic acids is 1. The van der Waals surface area contributed by atoms with Crippen LogP contribution in [0.3, 0.4) is 0 Å². The zero-order chi connectivity index (χ0) is 13.4. The molecular weight excluding hydrogens is 236 g/mol. The third-order valence-corrected chi connectivity index (χ3v) is 1.86. The molecule has 17 heavy (non-hydrogen) atoms. The highest BCUT2D eigenvalue weighted by molar-refractivity contribution is 5.78. The summed E-state index contributed by atoms with van der Waals surface area (Å²) < 4.78 is 4.44. The van der Waals surface area contributed by atoms with Gasteiger partial charge in [-0.3, -0.25) is 14.4 Å². The lowest BCUT2D eigenvalue weighted by atomic mass is 10.1. The Labute approximate surface area is 96.4 Å². The zero-order valence-electron chi connectivity index (χ0n) is 8.85. The van der Waals surface area contributed by atoms with Gasteiger partial charge in [0.2, 0.25) is 0 Å². The fourth-order valence-corrected chi connectivity index (χ4v) is 0.925. The maximum atomic E-state index is 11.0. The average molecular weight is 250 g/mol. The summed E-state index contributed by atoms with van der Waals surface area (Å²) in [6.45, 7) is -0.807. The number of aliphatic hydroxyl groups excluding tert-OH is 3. The Morgan fingerprint density at radius 3 is 2.24 bits per heavy atom. The summed E-state index contributed by atoms with van der Waals surface area (Å²) in [6, 6.07) is 0. The van der Waals surface area contributed by atoms with E-state index in [4.69, 9.17) is 15.3 Å². The summed E-state index contributed by atoms with van der Waals surface area (Å²) in [7, 11) is 0. The summed E-state index contributed by atoms with van der Waals surface area (Å²) in [5.41, 5.74) is 0. The molecular formula is C9H14O8. The van der Waals surface area contributed by atoms with E-state index in [0.717, 1.165) is 0 Å². The van der Waals surface area contributed by atoms with Crippen LogP contribution >= 0.6 is 0 Å². The third kappa shape index (κ3) is 5.95. The van der Waals surface area contributed by atoms with Crippen LogP contribution in [-0.2, 0) is 19.1 Å². The molecule has 0 aromatic carbocycles. The second-order valence-corrected chi connectivity index (χ2v) is 3.22. The van der Waals surface area contributed by atoms with E-state index in [2.05, 4.69) is 4.74 Å². The van der Waals surface area contributed by atoms with E-state index in [-0.39, 0.29) is 6.29 Å². The fourth-order valence-electron chi connectivity index (χ4n) is 0.925. The molecule has 0 rings (SSSR count). The highest BCUT2D eigenvalue weighted by Crippen LogP contribution is 2.05. The Balaban J connectivity index is 4.25. The van der Waals surface area contributed by atoms with Crippen LogP contribution in [0.25, 0.3) is 0 Å². The quantitative estimate of drug-likeness (QED) is 0.278. The lowest BCUT2D eigenvalue weighted by Crippen LogP contribution is -2.43. The Hall–Kier alpha value is -1.51. The first-order valence-corrected chi connectivity index (χ1v) is 4.76.